The Balaban J connectivity index is 1.92. The lowest BCUT2D eigenvalue weighted by Gasteiger charge is -2.13. The highest BCUT2D eigenvalue weighted by molar-refractivity contribution is 5.77. The predicted molar refractivity (Wildman–Crippen MR) is 83.2 cm³/mol. The number of para-hydroxylation sites is 1. The van der Waals surface area contributed by atoms with Crippen LogP contribution in [0.2, 0.25) is 0 Å². The van der Waals surface area contributed by atoms with Gasteiger partial charge in [0.15, 0.2) is 29.7 Å². The number of carbonyl (C=O) groups excluding carboxylic acids is 1. The second-order valence-electron chi connectivity index (χ2n) is 4.79. The number of hydrogen-bond donors (Lipinski definition) is 1. The number of halogens is 2. The predicted octanol–water partition coefficient (Wildman–Crippen LogP) is 2.68. The summed E-state index contributed by atoms with van der Waals surface area (Å²) >= 11 is 0. The first-order valence-corrected chi connectivity index (χ1v) is 7.09. The maximum absolute atomic E-state index is 13.4. The van der Waals surface area contributed by atoms with E-state index in [0.717, 1.165) is 17.7 Å². The molecule has 2 aromatic rings. The highest BCUT2D eigenvalue weighted by Crippen LogP contribution is 2.30. The second kappa shape index (κ2) is 8.14. The molecule has 0 aliphatic carbocycles. The quantitative estimate of drug-likeness (QED) is 0.844. The summed E-state index contributed by atoms with van der Waals surface area (Å²) in [6.45, 7) is -0.205. The Kier molecular flexibility index (Phi) is 5.95. The third-order valence-corrected chi connectivity index (χ3v) is 3.21. The molecule has 0 unspecified atom stereocenters. The molecule has 0 radical (unpaired) electrons. The van der Waals surface area contributed by atoms with Gasteiger partial charge < -0.3 is 19.5 Å². The minimum absolute atomic E-state index is 0.189. The number of hydrogen-bond acceptors (Lipinski definition) is 4. The molecule has 0 fully saturated rings. The lowest BCUT2D eigenvalue weighted by molar-refractivity contribution is -0.123. The molecule has 1 N–H and O–H groups in total. The maximum atomic E-state index is 13.4. The van der Waals surface area contributed by atoms with Crippen molar-refractivity contribution in [3.05, 3.63) is 53.6 Å². The summed E-state index contributed by atoms with van der Waals surface area (Å²) in [7, 11) is 3.02. The molecule has 5 nitrogen and oxygen atoms in total. The topological polar surface area (TPSA) is 56.8 Å². The molecule has 0 atom stereocenters. The first kappa shape index (κ1) is 17.5. The average Bonchev–Trinajstić information content (AvgIpc) is 2.58. The zero-order valence-electron chi connectivity index (χ0n) is 13.3. The van der Waals surface area contributed by atoms with E-state index in [1.165, 1.54) is 14.2 Å². The standard InChI is InChI=1S/C17H17F2NO4/c1-22-15-5-3-4-11(17(15)23-2)9-20-16(21)10-24-14-7-6-12(18)8-13(14)19/h3-8H,9-10H2,1-2H3,(H,20,21). The average molecular weight is 337 g/mol. The summed E-state index contributed by atoms with van der Waals surface area (Å²) in [6, 6.07) is 8.16. The molecule has 0 saturated carbocycles. The van der Waals surface area contributed by atoms with Gasteiger partial charge in [0, 0.05) is 18.2 Å². The van der Waals surface area contributed by atoms with E-state index in [4.69, 9.17) is 14.2 Å². The van der Waals surface area contributed by atoms with Crippen molar-refractivity contribution in [2.75, 3.05) is 20.8 Å². The van der Waals surface area contributed by atoms with Crippen molar-refractivity contribution in [1.82, 2.24) is 5.32 Å². The number of amides is 1. The highest BCUT2D eigenvalue weighted by Gasteiger charge is 2.12. The lowest BCUT2D eigenvalue weighted by atomic mass is 10.2. The molecule has 2 aromatic carbocycles. The smallest absolute Gasteiger partial charge is 0.258 e. The van der Waals surface area contributed by atoms with E-state index in [-0.39, 0.29) is 12.3 Å². The number of methoxy groups -OCH3 is 2. The first-order valence-electron chi connectivity index (χ1n) is 7.09. The third kappa shape index (κ3) is 4.34. The monoisotopic (exact) mass is 337 g/mol. The molecular formula is C17H17F2NO4. The van der Waals surface area contributed by atoms with Crippen molar-refractivity contribution in [3.8, 4) is 17.2 Å². The summed E-state index contributed by atoms with van der Waals surface area (Å²) < 4.78 is 41.7. The molecule has 0 bridgehead atoms. The Morgan fingerprint density at radius 3 is 2.54 bits per heavy atom. The van der Waals surface area contributed by atoms with Gasteiger partial charge in [0.05, 0.1) is 14.2 Å². The Bertz CT molecular complexity index is 722. The Morgan fingerprint density at radius 1 is 1.08 bits per heavy atom. The number of rotatable bonds is 7. The van der Waals surface area contributed by atoms with Crippen LogP contribution in [0.5, 0.6) is 17.2 Å². The van der Waals surface area contributed by atoms with Crippen LogP contribution in [0.25, 0.3) is 0 Å². The molecule has 0 aliphatic heterocycles. The van der Waals surface area contributed by atoms with Crippen molar-refractivity contribution in [2.45, 2.75) is 6.54 Å². The van der Waals surface area contributed by atoms with E-state index in [1.807, 2.05) is 0 Å². The molecule has 0 heterocycles. The molecule has 0 aromatic heterocycles. The Hall–Kier alpha value is -2.83. The van der Waals surface area contributed by atoms with Gasteiger partial charge in [-0.1, -0.05) is 12.1 Å². The van der Waals surface area contributed by atoms with E-state index >= 15 is 0 Å². The van der Waals surface area contributed by atoms with Gasteiger partial charge in [0.25, 0.3) is 5.91 Å². The zero-order chi connectivity index (χ0) is 17.5. The number of nitrogens with one attached hydrogen (secondary N) is 1. The molecule has 0 aliphatic rings. The minimum Gasteiger partial charge on any atom is -0.493 e. The van der Waals surface area contributed by atoms with E-state index < -0.39 is 24.1 Å². The van der Waals surface area contributed by atoms with Crippen molar-refractivity contribution >= 4 is 5.91 Å². The van der Waals surface area contributed by atoms with Crippen molar-refractivity contribution in [3.63, 3.8) is 0 Å². The number of benzene rings is 2. The first-order chi connectivity index (χ1) is 11.5. The van der Waals surface area contributed by atoms with Crippen molar-refractivity contribution in [2.24, 2.45) is 0 Å². The van der Waals surface area contributed by atoms with Gasteiger partial charge in [-0.3, -0.25) is 4.79 Å². The van der Waals surface area contributed by atoms with Crippen LogP contribution in [-0.4, -0.2) is 26.7 Å². The largest absolute Gasteiger partial charge is 0.493 e. The lowest BCUT2D eigenvalue weighted by Crippen LogP contribution is -2.28. The SMILES string of the molecule is COc1cccc(CNC(=O)COc2ccc(F)cc2F)c1OC. The fourth-order valence-electron chi connectivity index (χ4n) is 2.07. The fourth-order valence-corrected chi connectivity index (χ4v) is 2.07. The summed E-state index contributed by atoms with van der Waals surface area (Å²) in [6.07, 6.45) is 0. The molecule has 0 spiro atoms. The summed E-state index contributed by atoms with van der Waals surface area (Å²) in [5.41, 5.74) is 0.721. The van der Waals surface area contributed by atoms with E-state index in [0.29, 0.717) is 17.6 Å². The van der Waals surface area contributed by atoms with Crippen LogP contribution >= 0.6 is 0 Å². The number of carbonyl (C=O) groups is 1. The van der Waals surface area contributed by atoms with E-state index in [1.54, 1.807) is 18.2 Å². The number of ether oxygens (including phenoxy) is 3. The van der Waals surface area contributed by atoms with E-state index in [2.05, 4.69) is 5.32 Å². The van der Waals surface area contributed by atoms with Crippen LogP contribution in [-0.2, 0) is 11.3 Å². The minimum atomic E-state index is -0.864. The van der Waals surface area contributed by atoms with Crippen LogP contribution < -0.4 is 19.5 Å². The van der Waals surface area contributed by atoms with Gasteiger partial charge in [-0.25, -0.2) is 8.78 Å². The van der Waals surface area contributed by atoms with Crippen LogP contribution in [0.3, 0.4) is 0 Å². The van der Waals surface area contributed by atoms with Gasteiger partial charge >= 0.3 is 0 Å². The van der Waals surface area contributed by atoms with Gasteiger partial charge in [0.1, 0.15) is 5.82 Å². The normalized spacial score (nSPS) is 10.2. The molecule has 1 amide bonds. The second-order valence-corrected chi connectivity index (χ2v) is 4.79. The van der Waals surface area contributed by atoms with Crippen molar-refractivity contribution in [1.29, 1.82) is 0 Å². The molecule has 24 heavy (non-hydrogen) atoms. The Labute approximate surface area is 138 Å². The van der Waals surface area contributed by atoms with Gasteiger partial charge in [-0.05, 0) is 18.2 Å². The van der Waals surface area contributed by atoms with Crippen LogP contribution in [0, 0.1) is 11.6 Å². The van der Waals surface area contributed by atoms with Gasteiger partial charge in [-0.15, -0.1) is 0 Å². The summed E-state index contributed by atoms with van der Waals surface area (Å²) in [5, 5.41) is 2.63. The fraction of sp³-hybridized carbons (Fsp3) is 0.235. The molecule has 2 rings (SSSR count). The molecule has 0 saturated heterocycles. The summed E-state index contributed by atoms with van der Waals surface area (Å²) in [4.78, 5) is 11.8. The molecule has 7 heteroatoms. The molecule has 128 valence electrons. The van der Waals surface area contributed by atoms with Crippen LogP contribution in [0.4, 0.5) is 8.78 Å². The highest BCUT2D eigenvalue weighted by atomic mass is 19.1. The van der Waals surface area contributed by atoms with Crippen LogP contribution in [0.1, 0.15) is 5.56 Å². The van der Waals surface area contributed by atoms with Crippen molar-refractivity contribution < 1.29 is 27.8 Å². The van der Waals surface area contributed by atoms with E-state index in [9.17, 15) is 13.6 Å². The van der Waals surface area contributed by atoms with Crippen LogP contribution in [0.15, 0.2) is 36.4 Å². The van der Waals surface area contributed by atoms with Gasteiger partial charge in [-0.2, -0.15) is 0 Å². The Morgan fingerprint density at radius 2 is 1.88 bits per heavy atom. The maximum Gasteiger partial charge on any atom is 0.258 e. The summed E-state index contributed by atoms with van der Waals surface area (Å²) in [5.74, 6) is -1.15. The third-order valence-electron chi connectivity index (χ3n) is 3.21. The zero-order valence-corrected chi connectivity index (χ0v) is 13.3. The van der Waals surface area contributed by atoms with Gasteiger partial charge in [0.2, 0.25) is 0 Å². The molecular weight excluding hydrogens is 320 g/mol.